The molecule has 0 fully saturated rings. The van der Waals surface area contributed by atoms with Gasteiger partial charge in [0.2, 0.25) is 5.91 Å². The summed E-state index contributed by atoms with van der Waals surface area (Å²) >= 11 is 5.05. The van der Waals surface area contributed by atoms with E-state index in [1.54, 1.807) is 55.6 Å². The highest BCUT2D eigenvalue weighted by Crippen LogP contribution is 2.13. The lowest BCUT2D eigenvalue weighted by atomic mass is 10.1. The van der Waals surface area contributed by atoms with E-state index in [9.17, 15) is 9.59 Å². The number of thiocarbonyl (C=S) groups is 1. The number of carbonyl (C=O) groups excluding carboxylic acids is 2. The molecule has 0 aliphatic carbocycles. The molecule has 0 aromatic heterocycles. The van der Waals surface area contributed by atoms with Gasteiger partial charge in [-0.15, -0.1) is 0 Å². The second-order valence-electron chi connectivity index (χ2n) is 7.04. The Hall–Kier alpha value is -3.13. The number of methoxy groups -OCH3 is 1. The Morgan fingerprint density at radius 1 is 0.967 bits per heavy atom. The van der Waals surface area contributed by atoms with Crippen LogP contribution in [-0.4, -0.2) is 30.6 Å². The van der Waals surface area contributed by atoms with Gasteiger partial charge in [-0.3, -0.25) is 20.4 Å². The summed E-state index contributed by atoms with van der Waals surface area (Å²) in [5.41, 5.74) is 6.24. The Morgan fingerprint density at radius 2 is 1.60 bits per heavy atom. The van der Waals surface area contributed by atoms with Crippen LogP contribution in [0.2, 0.25) is 0 Å². The predicted molar refractivity (Wildman–Crippen MR) is 119 cm³/mol. The van der Waals surface area contributed by atoms with E-state index in [1.807, 2.05) is 0 Å². The van der Waals surface area contributed by atoms with Crippen LogP contribution in [0.25, 0.3) is 0 Å². The van der Waals surface area contributed by atoms with E-state index >= 15 is 0 Å². The maximum atomic E-state index is 12.2. The van der Waals surface area contributed by atoms with Crippen LogP contribution in [0.5, 0.6) is 11.5 Å². The summed E-state index contributed by atoms with van der Waals surface area (Å²) in [7, 11) is 1.58. The lowest BCUT2D eigenvalue weighted by Crippen LogP contribution is -2.48. The average molecular weight is 430 g/mol. The zero-order valence-electron chi connectivity index (χ0n) is 17.4. The van der Waals surface area contributed by atoms with Crippen molar-refractivity contribution in [2.24, 2.45) is 5.92 Å². The fraction of sp³-hybridized carbons (Fsp3) is 0.318. The lowest BCUT2D eigenvalue weighted by molar-refractivity contribution is -0.119. The van der Waals surface area contributed by atoms with Crippen molar-refractivity contribution in [3.05, 3.63) is 59.7 Å². The number of nitrogens with one attached hydrogen (secondary N) is 3. The largest absolute Gasteiger partial charge is 0.497 e. The average Bonchev–Trinajstić information content (AvgIpc) is 2.72. The van der Waals surface area contributed by atoms with E-state index in [1.165, 1.54) is 0 Å². The maximum Gasteiger partial charge on any atom is 0.269 e. The molecule has 0 aliphatic rings. The molecule has 0 atom stereocenters. The van der Waals surface area contributed by atoms with Crippen molar-refractivity contribution in [3.63, 3.8) is 0 Å². The molecule has 7 nitrogen and oxygen atoms in total. The van der Waals surface area contributed by atoms with Crippen LogP contribution in [0.1, 0.15) is 36.2 Å². The Morgan fingerprint density at radius 3 is 2.20 bits per heavy atom. The van der Waals surface area contributed by atoms with Crippen LogP contribution in [0.4, 0.5) is 0 Å². The third-order valence-electron chi connectivity index (χ3n) is 4.15. The molecule has 0 aliphatic heterocycles. The molecule has 0 spiro atoms. The summed E-state index contributed by atoms with van der Waals surface area (Å²) in [5.74, 6) is 1.32. The molecule has 0 saturated carbocycles. The first kappa shape index (κ1) is 23.2. The fourth-order valence-electron chi connectivity index (χ4n) is 2.43. The van der Waals surface area contributed by atoms with Gasteiger partial charge >= 0.3 is 0 Å². The Kier molecular flexibility index (Phi) is 9.08. The van der Waals surface area contributed by atoms with Crippen LogP contribution in [0.3, 0.4) is 0 Å². The Balaban J connectivity index is 1.73. The highest BCUT2D eigenvalue weighted by atomic mass is 32.1. The van der Waals surface area contributed by atoms with Gasteiger partial charge in [-0.1, -0.05) is 26.0 Å². The number of ether oxygens (including phenoxy) is 2. The van der Waals surface area contributed by atoms with Gasteiger partial charge in [-0.05, 0) is 66.5 Å². The molecule has 0 radical (unpaired) electrons. The van der Waals surface area contributed by atoms with Gasteiger partial charge in [0.15, 0.2) is 5.11 Å². The molecule has 0 saturated heterocycles. The van der Waals surface area contributed by atoms with E-state index < -0.39 is 0 Å². The minimum atomic E-state index is -0.379. The Labute approximate surface area is 182 Å². The number of hydrazine groups is 1. The molecule has 2 aromatic carbocycles. The number of rotatable bonds is 8. The van der Waals surface area contributed by atoms with Crippen LogP contribution in [-0.2, 0) is 11.2 Å². The molecule has 2 rings (SSSR count). The van der Waals surface area contributed by atoms with Crippen LogP contribution < -0.4 is 25.6 Å². The van der Waals surface area contributed by atoms with Crippen molar-refractivity contribution in [1.29, 1.82) is 0 Å². The van der Waals surface area contributed by atoms with Crippen LogP contribution in [0, 0.1) is 5.92 Å². The molecule has 3 N–H and O–H groups in total. The first-order chi connectivity index (χ1) is 14.4. The topological polar surface area (TPSA) is 88.7 Å². The van der Waals surface area contributed by atoms with Crippen LogP contribution >= 0.6 is 12.2 Å². The third kappa shape index (κ3) is 8.08. The van der Waals surface area contributed by atoms with E-state index in [0.29, 0.717) is 29.6 Å². The highest BCUT2D eigenvalue weighted by molar-refractivity contribution is 7.80. The number of amides is 2. The summed E-state index contributed by atoms with van der Waals surface area (Å²) in [4.78, 5) is 24.3. The van der Waals surface area contributed by atoms with Crippen molar-refractivity contribution in [1.82, 2.24) is 16.2 Å². The minimum Gasteiger partial charge on any atom is -0.497 e. The van der Waals surface area contributed by atoms with Gasteiger partial charge in [0.25, 0.3) is 5.91 Å². The molecular weight excluding hydrogens is 402 g/mol. The standard InChI is InChI=1S/C22H27N3O4S/c1-15(2)12-13-29-19-10-6-17(7-11-19)21(27)24-25-22(30)23-20(26)14-16-4-8-18(28-3)9-5-16/h4-11,15H,12-14H2,1-3H3,(H,24,27)(H2,23,25,26,30). The van der Waals surface area contributed by atoms with Crippen molar-refractivity contribution in [2.45, 2.75) is 26.7 Å². The van der Waals surface area contributed by atoms with Crippen molar-refractivity contribution in [2.75, 3.05) is 13.7 Å². The van der Waals surface area contributed by atoms with Gasteiger partial charge in [-0.25, -0.2) is 0 Å². The predicted octanol–water partition coefficient (Wildman–Crippen LogP) is 3.00. The number of hydrogen-bond acceptors (Lipinski definition) is 5. The monoisotopic (exact) mass is 429 g/mol. The number of carbonyl (C=O) groups is 2. The second-order valence-corrected chi connectivity index (χ2v) is 7.44. The smallest absolute Gasteiger partial charge is 0.269 e. The molecule has 160 valence electrons. The number of benzene rings is 2. The van der Waals surface area contributed by atoms with E-state index in [-0.39, 0.29) is 23.3 Å². The lowest BCUT2D eigenvalue weighted by Gasteiger charge is -2.12. The molecule has 0 unspecified atom stereocenters. The third-order valence-corrected chi connectivity index (χ3v) is 4.35. The maximum absolute atomic E-state index is 12.2. The van der Waals surface area contributed by atoms with Crippen molar-refractivity contribution < 1.29 is 19.1 Å². The zero-order chi connectivity index (χ0) is 21.9. The van der Waals surface area contributed by atoms with Gasteiger partial charge < -0.3 is 14.8 Å². The molecule has 2 aromatic rings. The summed E-state index contributed by atoms with van der Waals surface area (Å²) in [6.07, 6.45) is 1.12. The Bertz CT molecular complexity index is 852. The molecule has 0 bridgehead atoms. The van der Waals surface area contributed by atoms with E-state index in [0.717, 1.165) is 12.0 Å². The molecule has 30 heavy (non-hydrogen) atoms. The first-order valence-corrected chi connectivity index (χ1v) is 10.0. The minimum absolute atomic E-state index is 0.00972. The highest BCUT2D eigenvalue weighted by Gasteiger charge is 2.09. The second kappa shape index (κ2) is 11.8. The van der Waals surface area contributed by atoms with Crippen LogP contribution in [0.15, 0.2) is 48.5 Å². The van der Waals surface area contributed by atoms with Gasteiger partial charge in [-0.2, -0.15) is 0 Å². The summed E-state index contributed by atoms with van der Waals surface area (Å²) in [6.45, 7) is 4.90. The first-order valence-electron chi connectivity index (χ1n) is 9.63. The SMILES string of the molecule is COc1ccc(CC(=O)NC(=S)NNC(=O)c2ccc(OCCC(C)C)cc2)cc1. The summed E-state index contributed by atoms with van der Waals surface area (Å²) in [5, 5.41) is 2.53. The fourth-order valence-corrected chi connectivity index (χ4v) is 2.60. The van der Waals surface area contributed by atoms with Gasteiger partial charge in [0.05, 0.1) is 20.1 Å². The van der Waals surface area contributed by atoms with Crippen molar-refractivity contribution >= 4 is 29.1 Å². The summed E-state index contributed by atoms with van der Waals surface area (Å²) < 4.78 is 10.7. The quantitative estimate of drug-likeness (QED) is 0.442. The number of hydrogen-bond donors (Lipinski definition) is 3. The van der Waals surface area contributed by atoms with Gasteiger partial charge in [0.1, 0.15) is 11.5 Å². The molecule has 2 amide bonds. The molecule has 8 heteroatoms. The molecular formula is C22H27N3O4S. The zero-order valence-corrected chi connectivity index (χ0v) is 18.2. The van der Waals surface area contributed by atoms with Crippen molar-refractivity contribution in [3.8, 4) is 11.5 Å². The summed E-state index contributed by atoms with van der Waals surface area (Å²) in [6, 6.07) is 14.0. The van der Waals surface area contributed by atoms with E-state index in [2.05, 4.69) is 30.0 Å². The normalized spacial score (nSPS) is 10.3. The van der Waals surface area contributed by atoms with Gasteiger partial charge in [0, 0.05) is 5.56 Å². The van der Waals surface area contributed by atoms with E-state index in [4.69, 9.17) is 21.7 Å². The molecule has 0 heterocycles.